The van der Waals surface area contributed by atoms with Gasteiger partial charge in [0.1, 0.15) is 0 Å². The molecule has 0 bridgehead atoms. The summed E-state index contributed by atoms with van der Waals surface area (Å²) in [6, 6.07) is 10.1. The van der Waals surface area contributed by atoms with E-state index >= 15 is 0 Å². The Balaban J connectivity index is 2.32. The molecular formula is C14H16BrN3. The molecule has 0 spiro atoms. The van der Waals surface area contributed by atoms with Crippen LogP contribution in [0.1, 0.15) is 18.3 Å². The molecule has 1 aromatic heterocycles. The van der Waals surface area contributed by atoms with Crippen LogP contribution >= 0.6 is 15.9 Å². The van der Waals surface area contributed by atoms with Gasteiger partial charge < -0.3 is 5.32 Å². The van der Waals surface area contributed by atoms with Gasteiger partial charge in [-0.05, 0) is 31.7 Å². The van der Waals surface area contributed by atoms with Gasteiger partial charge in [0, 0.05) is 22.3 Å². The van der Waals surface area contributed by atoms with E-state index < -0.39 is 0 Å². The second-order valence-electron chi connectivity index (χ2n) is 4.11. The average molecular weight is 306 g/mol. The minimum atomic E-state index is 0.781. The summed E-state index contributed by atoms with van der Waals surface area (Å²) in [6.45, 7) is 5.81. The molecule has 0 amide bonds. The van der Waals surface area contributed by atoms with E-state index in [1.54, 1.807) is 0 Å². The van der Waals surface area contributed by atoms with Crippen molar-refractivity contribution in [2.24, 2.45) is 0 Å². The molecule has 3 nitrogen and oxygen atoms in total. The predicted octanol–water partition coefficient (Wildman–Crippen LogP) is 3.32. The Morgan fingerprint density at radius 1 is 1.17 bits per heavy atom. The third-order valence-corrected chi connectivity index (χ3v) is 3.09. The van der Waals surface area contributed by atoms with Crippen LogP contribution in [0.5, 0.6) is 0 Å². The van der Waals surface area contributed by atoms with Crippen molar-refractivity contribution in [3.05, 3.63) is 46.2 Å². The van der Waals surface area contributed by atoms with Crippen molar-refractivity contribution in [3.8, 4) is 11.4 Å². The Morgan fingerprint density at radius 3 is 2.56 bits per heavy atom. The van der Waals surface area contributed by atoms with E-state index in [1.807, 2.05) is 37.3 Å². The number of hydrogen-bond donors (Lipinski definition) is 1. The van der Waals surface area contributed by atoms with Gasteiger partial charge in [0.25, 0.3) is 0 Å². The minimum absolute atomic E-state index is 0.781. The quantitative estimate of drug-likeness (QED) is 0.941. The van der Waals surface area contributed by atoms with Gasteiger partial charge in [0.05, 0.1) is 5.69 Å². The zero-order valence-corrected chi connectivity index (χ0v) is 12.2. The molecule has 1 N–H and O–H groups in total. The summed E-state index contributed by atoms with van der Waals surface area (Å²) in [4.78, 5) is 9.07. The lowest BCUT2D eigenvalue weighted by Gasteiger charge is -2.06. The molecule has 0 radical (unpaired) electrons. The normalized spacial score (nSPS) is 10.6. The zero-order chi connectivity index (χ0) is 13.0. The van der Waals surface area contributed by atoms with E-state index in [0.717, 1.165) is 40.3 Å². The van der Waals surface area contributed by atoms with Gasteiger partial charge in [-0.2, -0.15) is 0 Å². The molecule has 2 rings (SSSR count). The zero-order valence-electron chi connectivity index (χ0n) is 10.6. The number of aromatic nitrogens is 2. The molecule has 0 aliphatic rings. The van der Waals surface area contributed by atoms with Crippen LogP contribution in [0.4, 0.5) is 0 Å². The topological polar surface area (TPSA) is 37.8 Å². The SMILES string of the molecule is CCNCc1cc(C)nc(-c2ccc(Br)cc2)n1. The molecule has 0 unspecified atom stereocenters. The van der Waals surface area contributed by atoms with Gasteiger partial charge in [-0.25, -0.2) is 9.97 Å². The highest BCUT2D eigenvalue weighted by Gasteiger charge is 2.04. The van der Waals surface area contributed by atoms with Crippen LogP contribution in [0.15, 0.2) is 34.8 Å². The van der Waals surface area contributed by atoms with Crippen molar-refractivity contribution in [1.29, 1.82) is 0 Å². The van der Waals surface area contributed by atoms with Crippen molar-refractivity contribution < 1.29 is 0 Å². The second kappa shape index (κ2) is 6.07. The minimum Gasteiger partial charge on any atom is -0.311 e. The summed E-state index contributed by atoms with van der Waals surface area (Å²) in [5.41, 5.74) is 3.07. The van der Waals surface area contributed by atoms with Gasteiger partial charge in [-0.15, -0.1) is 0 Å². The summed E-state index contributed by atoms with van der Waals surface area (Å²) in [5.74, 6) is 0.787. The summed E-state index contributed by atoms with van der Waals surface area (Å²) in [5, 5.41) is 3.28. The lowest BCUT2D eigenvalue weighted by atomic mass is 10.2. The van der Waals surface area contributed by atoms with E-state index in [1.165, 1.54) is 0 Å². The maximum Gasteiger partial charge on any atom is 0.159 e. The van der Waals surface area contributed by atoms with Crippen LogP contribution in [0, 0.1) is 6.92 Å². The summed E-state index contributed by atoms with van der Waals surface area (Å²) < 4.78 is 1.06. The Morgan fingerprint density at radius 2 is 1.89 bits per heavy atom. The highest BCUT2D eigenvalue weighted by molar-refractivity contribution is 9.10. The molecule has 94 valence electrons. The molecule has 0 aliphatic carbocycles. The first kappa shape index (κ1) is 13.2. The Kier molecular flexibility index (Phi) is 4.44. The van der Waals surface area contributed by atoms with Crippen molar-refractivity contribution in [2.75, 3.05) is 6.54 Å². The first-order valence-corrected chi connectivity index (χ1v) is 6.79. The summed E-state index contributed by atoms with van der Waals surface area (Å²) in [6.07, 6.45) is 0. The number of hydrogen-bond acceptors (Lipinski definition) is 3. The Hall–Kier alpha value is -1.26. The van der Waals surface area contributed by atoms with Gasteiger partial charge in [-0.3, -0.25) is 0 Å². The molecule has 0 saturated carbocycles. The highest BCUT2D eigenvalue weighted by atomic mass is 79.9. The van der Waals surface area contributed by atoms with Crippen LogP contribution in [0.2, 0.25) is 0 Å². The number of nitrogens with zero attached hydrogens (tertiary/aromatic N) is 2. The van der Waals surface area contributed by atoms with Crippen molar-refractivity contribution in [3.63, 3.8) is 0 Å². The fraction of sp³-hybridized carbons (Fsp3) is 0.286. The molecule has 0 aliphatic heterocycles. The molecule has 0 fully saturated rings. The number of nitrogens with one attached hydrogen (secondary N) is 1. The number of halogens is 1. The summed E-state index contributed by atoms with van der Waals surface area (Å²) in [7, 11) is 0. The smallest absolute Gasteiger partial charge is 0.159 e. The number of aryl methyl sites for hydroxylation is 1. The predicted molar refractivity (Wildman–Crippen MR) is 77.3 cm³/mol. The van der Waals surface area contributed by atoms with Gasteiger partial charge >= 0.3 is 0 Å². The molecule has 0 saturated heterocycles. The second-order valence-corrected chi connectivity index (χ2v) is 5.03. The summed E-state index contributed by atoms with van der Waals surface area (Å²) >= 11 is 3.43. The van der Waals surface area contributed by atoms with Gasteiger partial charge in [0.2, 0.25) is 0 Å². The molecule has 1 aromatic carbocycles. The van der Waals surface area contributed by atoms with Gasteiger partial charge in [0.15, 0.2) is 5.82 Å². The third-order valence-electron chi connectivity index (χ3n) is 2.57. The van der Waals surface area contributed by atoms with Crippen LogP contribution in [-0.2, 0) is 6.54 Å². The van der Waals surface area contributed by atoms with E-state index in [0.29, 0.717) is 0 Å². The van der Waals surface area contributed by atoms with Crippen LogP contribution in [-0.4, -0.2) is 16.5 Å². The van der Waals surface area contributed by atoms with Crippen LogP contribution < -0.4 is 5.32 Å². The monoisotopic (exact) mass is 305 g/mol. The average Bonchev–Trinajstić information content (AvgIpc) is 2.36. The van der Waals surface area contributed by atoms with Crippen LogP contribution in [0.3, 0.4) is 0 Å². The molecule has 4 heteroatoms. The van der Waals surface area contributed by atoms with E-state index in [9.17, 15) is 0 Å². The fourth-order valence-corrected chi connectivity index (χ4v) is 1.97. The Bertz CT molecular complexity index is 523. The lowest BCUT2D eigenvalue weighted by molar-refractivity contribution is 0.708. The first-order chi connectivity index (χ1) is 8.69. The maximum absolute atomic E-state index is 4.58. The molecular weight excluding hydrogens is 290 g/mol. The van der Waals surface area contributed by atoms with Crippen molar-refractivity contribution >= 4 is 15.9 Å². The van der Waals surface area contributed by atoms with Crippen molar-refractivity contribution in [2.45, 2.75) is 20.4 Å². The molecule has 1 heterocycles. The highest BCUT2D eigenvalue weighted by Crippen LogP contribution is 2.19. The standard InChI is InChI=1S/C14H16BrN3/c1-3-16-9-13-8-10(2)17-14(18-13)11-4-6-12(15)7-5-11/h4-8,16H,3,9H2,1-2H3. The van der Waals surface area contributed by atoms with E-state index in [-0.39, 0.29) is 0 Å². The first-order valence-electron chi connectivity index (χ1n) is 6.00. The number of rotatable bonds is 4. The van der Waals surface area contributed by atoms with Crippen molar-refractivity contribution in [1.82, 2.24) is 15.3 Å². The lowest BCUT2D eigenvalue weighted by Crippen LogP contribution is -2.13. The number of benzene rings is 1. The third kappa shape index (κ3) is 3.37. The largest absolute Gasteiger partial charge is 0.311 e. The van der Waals surface area contributed by atoms with E-state index in [4.69, 9.17) is 0 Å². The molecule has 2 aromatic rings. The fourth-order valence-electron chi connectivity index (χ4n) is 1.71. The molecule has 18 heavy (non-hydrogen) atoms. The maximum atomic E-state index is 4.58. The Labute approximate surface area is 116 Å². The molecule has 0 atom stereocenters. The van der Waals surface area contributed by atoms with Crippen LogP contribution in [0.25, 0.3) is 11.4 Å². The van der Waals surface area contributed by atoms with E-state index in [2.05, 4.69) is 38.1 Å². The van der Waals surface area contributed by atoms with Gasteiger partial charge in [-0.1, -0.05) is 35.0 Å².